The Balaban J connectivity index is 1.70. The molecule has 0 saturated heterocycles. The van der Waals surface area contributed by atoms with Crippen molar-refractivity contribution >= 4 is 17.5 Å². The summed E-state index contributed by atoms with van der Waals surface area (Å²) in [7, 11) is 0. The van der Waals surface area contributed by atoms with Crippen LogP contribution < -0.4 is 10.1 Å². The molecule has 4 nitrogen and oxygen atoms in total. The number of hydrogen-bond acceptors (Lipinski definition) is 3. The molecule has 3 rings (SSSR count). The summed E-state index contributed by atoms with van der Waals surface area (Å²) < 4.78 is 5.52. The van der Waals surface area contributed by atoms with Gasteiger partial charge in [-0.2, -0.15) is 5.26 Å². The minimum absolute atomic E-state index is 0.122. The van der Waals surface area contributed by atoms with Crippen molar-refractivity contribution in [3.63, 3.8) is 0 Å². The Morgan fingerprint density at radius 1 is 0.963 bits per heavy atom. The molecular weight excluding hydrogens is 360 g/mol. The van der Waals surface area contributed by atoms with Gasteiger partial charge in [-0.05, 0) is 47.5 Å². The molecule has 1 N–H and O–H groups in total. The summed E-state index contributed by atoms with van der Waals surface area (Å²) in [5, 5.41) is 12.5. The molecule has 0 radical (unpaired) electrons. The summed E-state index contributed by atoms with van der Waals surface area (Å²) in [6, 6.07) is 25.4. The Hall–Kier alpha value is -3.29. The lowest BCUT2D eigenvalue weighted by atomic mass is 9.99. The monoisotopic (exact) mass is 376 g/mol. The minimum Gasteiger partial charge on any atom is -0.484 e. The van der Waals surface area contributed by atoms with Crippen LogP contribution in [0.1, 0.15) is 22.7 Å². The van der Waals surface area contributed by atoms with Gasteiger partial charge in [0.1, 0.15) is 5.75 Å². The number of hydrogen-bond donors (Lipinski definition) is 1. The van der Waals surface area contributed by atoms with Gasteiger partial charge in [0.2, 0.25) is 0 Å². The molecule has 0 fully saturated rings. The first-order valence-electron chi connectivity index (χ1n) is 8.38. The molecule has 0 saturated carbocycles. The van der Waals surface area contributed by atoms with Crippen LogP contribution in [0.25, 0.3) is 0 Å². The van der Waals surface area contributed by atoms with Crippen molar-refractivity contribution < 1.29 is 9.53 Å². The zero-order valence-electron chi connectivity index (χ0n) is 14.4. The van der Waals surface area contributed by atoms with Crippen molar-refractivity contribution in [2.45, 2.75) is 6.04 Å². The molecule has 0 aromatic heterocycles. The second-order valence-corrected chi connectivity index (χ2v) is 6.32. The van der Waals surface area contributed by atoms with Crippen molar-refractivity contribution in [2.24, 2.45) is 0 Å². The van der Waals surface area contributed by atoms with Crippen LogP contribution in [0.4, 0.5) is 0 Å². The number of nitrogens with one attached hydrogen (secondary N) is 1. The SMILES string of the molecule is N#Cc1ccc(OCC(=O)NC(c2ccccc2)c2ccc(Cl)cc2)cc1. The van der Waals surface area contributed by atoms with Crippen LogP contribution >= 0.6 is 11.6 Å². The van der Waals surface area contributed by atoms with Crippen LogP contribution in [-0.4, -0.2) is 12.5 Å². The first kappa shape index (κ1) is 18.5. The molecule has 0 heterocycles. The number of amides is 1. The Kier molecular flexibility index (Phi) is 6.09. The summed E-state index contributed by atoms with van der Waals surface area (Å²) in [6.07, 6.45) is 0. The molecule has 0 aliphatic carbocycles. The third-order valence-electron chi connectivity index (χ3n) is 3.99. The predicted octanol–water partition coefficient (Wildman–Crippen LogP) is 4.50. The van der Waals surface area contributed by atoms with E-state index in [0.717, 1.165) is 11.1 Å². The van der Waals surface area contributed by atoms with Gasteiger partial charge in [-0.15, -0.1) is 0 Å². The van der Waals surface area contributed by atoms with Crippen LogP contribution in [0.2, 0.25) is 5.02 Å². The summed E-state index contributed by atoms with van der Waals surface area (Å²) in [5.74, 6) is 0.287. The number of nitrogens with zero attached hydrogens (tertiary/aromatic N) is 1. The van der Waals surface area contributed by atoms with Crippen molar-refractivity contribution in [3.05, 3.63) is 101 Å². The lowest BCUT2D eigenvalue weighted by Gasteiger charge is -2.20. The molecule has 0 bridgehead atoms. The second kappa shape index (κ2) is 8.88. The molecule has 0 spiro atoms. The highest BCUT2D eigenvalue weighted by Gasteiger charge is 2.17. The van der Waals surface area contributed by atoms with Gasteiger partial charge < -0.3 is 10.1 Å². The van der Waals surface area contributed by atoms with E-state index >= 15 is 0 Å². The van der Waals surface area contributed by atoms with E-state index in [2.05, 4.69) is 5.32 Å². The molecule has 0 aliphatic heterocycles. The minimum atomic E-state index is -0.305. The second-order valence-electron chi connectivity index (χ2n) is 5.89. The maximum absolute atomic E-state index is 12.4. The summed E-state index contributed by atoms with van der Waals surface area (Å²) in [4.78, 5) is 12.4. The largest absolute Gasteiger partial charge is 0.484 e. The summed E-state index contributed by atoms with van der Waals surface area (Å²) in [5.41, 5.74) is 2.43. The van der Waals surface area contributed by atoms with E-state index in [9.17, 15) is 4.79 Å². The number of ether oxygens (including phenoxy) is 1. The van der Waals surface area contributed by atoms with Crippen LogP contribution in [0.3, 0.4) is 0 Å². The van der Waals surface area contributed by atoms with Crippen molar-refractivity contribution in [1.29, 1.82) is 5.26 Å². The normalized spacial score (nSPS) is 11.3. The molecular formula is C22H17ClN2O2. The highest BCUT2D eigenvalue weighted by Crippen LogP contribution is 2.23. The standard InChI is InChI=1S/C22H17ClN2O2/c23-19-10-8-18(9-11-19)22(17-4-2-1-3-5-17)25-21(26)15-27-20-12-6-16(14-24)7-13-20/h1-13,22H,15H2,(H,25,26). The maximum atomic E-state index is 12.4. The third-order valence-corrected chi connectivity index (χ3v) is 4.25. The summed E-state index contributed by atoms with van der Waals surface area (Å²) in [6.45, 7) is -0.122. The number of carbonyl (C=O) groups is 1. The van der Waals surface area contributed by atoms with Crippen LogP contribution in [0, 0.1) is 11.3 Å². The van der Waals surface area contributed by atoms with Gasteiger partial charge in [-0.3, -0.25) is 4.79 Å². The quantitative estimate of drug-likeness (QED) is 0.689. The van der Waals surface area contributed by atoms with Gasteiger partial charge >= 0.3 is 0 Å². The smallest absolute Gasteiger partial charge is 0.258 e. The zero-order chi connectivity index (χ0) is 19.1. The van der Waals surface area contributed by atoms with Crippen molar-refractivity contribution in [2.75, 3.05) is 6.61 Å². The van der Waals surface area contributed by atoms with E-state index in [4.69, 9.17) is 21.6 Å². The Labute approximate surface area is 163 Å². The molecule has 5 heteroatoms. The number of carbonyl (C=O) groups excluding carboxylic acids is 1. The number of nitriles is 1. The van der Waals surface area contributed by atoms with E-state index in [1.165, 1.54) is 0 Å². The lowest BCUT2D eigenvalue weighted by molar-refractivity contribution is -0.123. The molecule has 0 aliphatic rings. The Morgan fingerprint density at radius 3 is 2.22 bits per heavy atom. The molecule has 1 atom stereocenters. The fourth-order valence-corrected chi connectivity index (χ4v) is 2.76. The van der Waals surface area contributed by atoms with E-state index in [1.807, 2.05) is 48.5 Å². The Morgan fingerprint density at radius 2 is 1.59 bits per heavy atom. The maximum Gasteiger partial charge on any atom is 0.258 e. The van der Waals surface area contributed by atoms with E-state index in [0.29, 0.717) is 16.3 Å². The van der Waals surface area contributed by atoms with Gasteiger partial charge in [-0.25, -0.2) is 0 Å². The van der Waals surface area contributed by atoms with Crippen molar-refractivity contribution in [3.8, 4) is 11.8 Å². The molecule has 1 amide bonds. The lowest BCUT2D eigenvalue weighted by Crippen LogP contribution is -2.33. The zero-order valence-corrected chi connectivity index (χ0v) is 15.2. The third kappa shape index (κ3) is 5.10. The van der Waals surface area contributed by atoms with Crippen LogP contribution in [0.15, 0.2) is 78.9 Å². The van der Waals surface area contributed by atoms with Gasteiger partial charge in [0.25, 0.3) is 5.91 Å². The average Bonchev–Trinajstić information content (AvgIpc) is 2.72. The van der Waals surface area contributed by atoms with Gasteiger partial charge in [0.05, 0.1) is 17.7 Å². The van der Waals surface area contributed by atoms with E-state index in [1.54, 1.807) is 36.4 Å². The highest BCUT2D eigenvalue weighted by atomic mass is 35.5. The first-order chi connectivity index (χ1) is 13.2. The van der Waals surface area contributed by atoms with Crippen LogP contribution in [-0.2, 0) is 4.79 Å². The van der Waals surface area contributed by atoms with Crippen molar-refractivity contribution in [1.82, 2.24) is 5.32 Å². The molecule has 1 unspecified atom stereocenters. The molecule has 3 aromatic carbocycles. The van der Waals surface area contributed by atoms with Gasteiger partial charge in [-0.1, -0.05) is 54.1 Å². The predicted molar refractivity (Wildman–Crippen MR) is 105 cm³/mol. The van der Waals surface area contributed by atoms with Gasteiger partial charge in [0.15, 0.2) is 6.61 Å². The number of halogens is 1. The summed E-state index contributed by atoms with van der Waals surface area (Å²) >= 11 is 5.98. The highest BCUT2D eigenvalue weighted by molar-refractivity contribution is 6.30. The number of benzene rings is 3. The van der Waals surface area contributed by atoms with Gasteiger partial charge in [0, 0.05) is 5.02 Å². The topological polar surface area (TPSA) is 62.1 Å². The molecule has 3 aromatic rings. The average molecular weight is 377 g/mol. The molecule has 27 heavy (non-hydrogen) atoms. The number of rotatable bonds is 6. The van der Waals surface area contributed by atoms with E-state index < -0.39 is 0 Å². The first-order valence-corrected chi connectivity index (χ1v) is 8.76. The fourth-order valence-electron chi connectivity index (χ4n) is 2.64. The van der Waals surface area contributed by atoms with E-state index in [-0.39, 0.29) is 18.6 Å². The Bertz CT molecular complexity index is 933. The molecule has 134 valence electrons. The van der Waals surface area contributed by atoms with Crippen LogP contribution in [0.5, 0.6) is 5.75 Å². The fraction of sp³-hybridized carbons (Fsp3) is 0.0909.